The first-order valence-electron chi connectivity index (χ1n) is 9.15. The lowest BCUT2D eigenvalue weighted by atomic mass is 10.2. The van der Waals surface area contributed by atoms with Crippen molar-refractivity contribution in [1.82, 2.24) is 29.3 Å². The molecule has 1 fully saturated rings. The predicted molar refractivity (Wildman–Crippen MR) is 102 cm³/mol. The van der Waals surface area contributed by atoms with Crippen LogP contribution in [0.25, 0.3) is 11.4 Å². The van der Waals surface area contributed by atoms with Gasteiger partial charge in [0.1, 0.15) is 11.5 Å². The first-order valence-corrected chi connectivity index (χ1v) is 9.15. The number of carbonyl (C=O) groups excluding carboxylic acids is 1. The van der Waals surface area contributed by atoms with Crippen LogP contribution >= 0.6 is 0 Å². The van der Waals surface area contributed by atoms with Gasteiger partial charge in [-0.25, -0.2) is 9.97 Å². The monoisotopic (exact) mass is 362 g/mol. The second-order valence-electron chi connectivity index (χ2n) is 6.53. The summed E-state index contributed by atoms with van der Waals surface area (Å²) in [5.41, 5.74) is 1.54. The summed E-state index contributed by atoms with van der Waals surface area (Å²) in [4.78, 5) is 29.3. The summed E-state index contributed by atoms with van der Waals surface area (Å²) in [6, 6.07) is 10.2. The standard InChI is InChI=1S/C20H22N6O/c27-20(18-16-21-6-7-22-18)26-14-11-24(12-15-26)10-13-25-9-8-23-19(25)17-4-2-1-3-5-17/h1-9,16H,10-15H2. The summed E-state index contributed by atoms with van der Waals surface area (Å²) in [5.74, 6) is 0.954. The zero-order chi connectivity index (χ0) is 18.5. The van der Waals surface area contributed by atoms with Crippen LogP contribution < -0.4 is 0 Å². The van der Waals surface area contributed by atoms with E-state index >= 15 is 0 Å². The molecule has 0 unspecified atom stereocenters. The van der Waals surface area contributed by atoms with Crippen molar-refractivity contribution in [2.75, 3.05) is 32.7 Å². The quantitative estimate of drug-likeness (QED) is 0.692. The number of benzene rings is 1. The highest BCUT2D eigenvalue weighted by Gasteiger charge is 2.23. The Kier molecular flexibility index (Phi) is 5.20. The number of aromatic nitrogens is 4. The third-order valence-corrected chi connectivity index (χ3v) is 4.85. The average molecular weight is 362 g/mol. The Hall–Kier alpha value is -3.06. The van der Waals surface area contributed by atoms with Gasteiger partial charge in [-0.1, -0.05) is 30.3 Å². The third-order valence-electron chi connectivity index (χ3n) is 4.85. The Labute approximate surface area is 158 Å². The topological polar surface area (TPSA) is 67.2 Å². The van der Waals surface area contributed by atoms with Gasteiger partial charge in [-0.3, -0.25) is 14.7 Å². The van der Waals surface area contributed by atoms with Crippen molar-refractivity contribution in [3.05, 3.63) is 67.0 Å². The van der Waals surface area contributed by atoms with Crippen LogP contribution in [0.2, 0.25) is 0 Å². The van der Waals surface area contributed by atoms with Crippen LogP contribution in [0, 0.1) is 0 Å². The first-order chi connectivity index (χ1) is 13.3. The van der Waals surface area contributed by atoms with E-state index in [4.69, 9.17) is 0 Å². The molecule has 0 saturated carbocycles. The van der Waals surface area contributed by atoms with Gasteiger partial charge in [-0.2, -0.15) is 0 Å². The van der Waals surface area contributed by atoms with Crippen LogP contribution in [-0.4, -0.2) is 67.9 Å². The molecule has 1 amide bonds. The number of imidazole rings is 1. The van der Waals surface area contributed by atoms with E-state index in [0.29, 0.717) is 18.8 Å². The second kappa shape index (κ2) is 8.09. The Bertz CT molecular complexity index is 872. The van der Waals surface area contributed by atoms with Crippen LogP contribution in [-0.2, 0) is 6.54 Å². The van der Waals surface area contributed by atoms with Crippen LogP contribution in [0.3, 0.4) is 0 Å². The molecule has 3 aromatic rings. The van der Waals surface area contributed by atoms with Crippen LogP contribution in [0.1, 0.15) is 10.5 Å². The third kappa shape index (κ3) is 4.03. The van der Waals surface area contributed by atoms with E-state index in [2.05, 4.69) is 36.6 Å². The molecule has 0 atom stereocenters. The minimum absolute atomic E-state index is 0.0382. The van der Waals surface area contributed by atoms with E-state index in [1.54, 1.807) is 12.4 Å². The normalized spacial score (nSPS) is 15.0. The molecule has 0 spiro atoms. The van der Waals surface area contributed by atoms with Gasteiger partial charge in [-0.15, -0.1) is 0 Å². The molecule has 7 heteroatoms. The molecule has 3 heterocycles. The molecule has 27 heavy (non-hydrogen) atoms. The van der Waals surface area contributed by atoms with Crippen molar-refractivity contribution in [3.8, 4) is 11.4 Å². The Morgan fingerprint density at radius 3 is 2.48 bits per heavy atom. The molecular formula is C20H22N6O. The lowest BCUT2D eigenvalue weighted by Gasteiger charge is -2.34. The molecule has 1 aliphatic heterocycles. The van der Waals surface area contributed by atoms with Gasteiger partial charge < -0.3 is 9.47 Å². The summed E-state index contributed by atoms with van der Waals surface area (Å²) in [6.07, 6.45) is 8.53. The lowest BCUT2D eigenvalue weighted by Crippen LogP contribution is -2.49. The van der Waals surface area contributed by atoms with Gasteiger partial charge in [-0.05, 0) is 0 Å². The van der Waals surface area contributed by atoms with Crippen molar-refractivity contribution < 1.29 is 4.79 Å². The lowest BCUT2D eigenvalue weighted by molar-refractivity contribution is 0.0627. The molecule has 1 aromatic carbocycles. The number of carbonyl (C=O) groups is 1. The summed E-state index contributed by atoms with van der Waals surface area (Å²) >= 11 is 0. The Morgan fingerprint density at radius 2 is 1.74 bits per heavy atom. The van der Waals surface area contributed by atoms with Gasteiger partial charge in [0.15, 0.2) is 0 Å². The fourth-order valence-corrected chi connectivity index (χ4v) is 3.33. The predicted octanol–water partition coefficient (Wildman–Crippen LogP) is 1.80. The van der Waals surface area contributed by atoms with E-state index < -0.39 is 0 Å². The molecule has 0 aliphatic carbocycles. The molecule has 4 rings (SSSR count). The molecular weight excluding hydrogens is 340 g/mol. The van der Waals surface area contributed by atoms with Crippen LogP contribution in [0.4, 0.5) is 0 Å². The van der Waals surface area contributed by atoms with Gasteiger partial charge in [0, 0.05) is 69.6 Å². The number of hydrogen-bond acceptors (Lipinski definition) is 5. The summed E-state index contributed by atoms with van der Waals surface area (Å²) in [5, 5.41) is 0. The fourth-order valence-electron chi connectivity index (χ4n) is 3.33. The molecule has 7 nitrogen and oxygen atoms in total. The molecule has 0 radical (unpaired) electrons. The number of piperazine rings is 1. The summed E-state index contributed by atoms with van der Waals surface area (Å²) < 4.78 is 2.19. The molecule has 2 aromatic heterocycles. The van der Waals surface area contributed by atoms with E-state index in [1.165, 1.54) is 6.20 Å². The molecule has 138 valence electrons. The number of hydrogen-bond donors (Lipinski definition) is 0. The maximum atomic E-state index is 12.4. The maximum absolute atomic E-state index is 12.4. The number of amides is 1. The highest BCUT2D eigenvalue weighted by Crippen LogP contribution is 2.17. The van der Waals surface area contributed by atoms with Gasteiger partial charge in [0.2, 0.25) is 0 Å². The fraction of sp³-hybridized carbons (Fsp3) is 0.300. The summed E-state index contributed by atoms with van der Waals surface area (Å²) in [6.45, 7) is 4.96. The van der Waals surface area contributed by atoms with Crippen molar-refractivity contribution in [2.24, 2.45) is 0 Å². The zero-order valence-electron chi connectivity index (χ0n) is 15.1. The van der Waals surface area contributed by atoms with Crippen LogP contribution in [0.5, 0.6) is 0 Å². The van der Waals surface area contributed by atoms with E-state index in [0.717, 1.165) is 37.6 Å². The largest absolute Gasteiger partial charge is 0.335 e. The van der Waals surface area contributed by atoms with Crippen LogP contribution in [0.15, 0.2) is 61.3 Å². The SMILES string of the molecule is O=C(c1cnccn1)N1CCN(CCn2ccnc2-c2ccccc2)CC1. The molecule has 1 saturated heterocycles. The van der Waals surface area contributed by atoms with Gasteiger partial charge in [0.05, 0.1) is 6.20 Å². The van der Waals surface area contributed by atoms with Crippen molar-refractivity contribution in [2.45, 2.75) is 6.54 Å². The Morgan fingerprint density at radius 1 is 0.926 bits per heavy atom. The second-order valence-corrected chi connectivity index (χ2v) is 6.53. The average Bonchev–Trinajstić information content (AvgIpc) is 3.22. The van der Waals surface area contributed by atoms with Crippen molar-refractivity contribution in [3.63, 3.8) is 0 Å². The smallest absolute Gasteiger partial charge is 0.274 e. The molecule has 0 N–H and O–H groups in total. The Balaban J connectivity index is 1.31. The van der Waals surface area contributed by atoms with Crippen molar-refractivity contribution >= 4 is 5.91 Å². The highest BCUT2D eigenvalue weighted by atomic mass is 16.2. The van der Waals surface area contributed by atoms with Crippen molar-refractivity contribution in [1.29, 1.82) is 0 Å². The maximum Gasteiger partial charge on any atom is 0.274 e. The minimum atomic E-state index is -0.0382. The zero-order valence-corrected chi connectivity index (χ0v) is 15.1. The molecule has 0 bridgehead atoms. The van der Waals surface area contributed by atoms with Gasteiger partial charge in [0.25, 0.3) is 5.91 Å². The highest BCUT2D eigenvalue weighted by molar-refractivity contribution is 5.92. The first kappa shape index (κ1) is 17.4. The molecule has 1 aliphatic rings. The summed E-state index contributed by atoms with van der Waals surface area (Å²) in [7, 11) is 0. The van der Waals surface area contributed by atoms with E-state index in [-0.39, 0.29) is 5.91 Å². The minimum Gasteiger partial charge on any atom is -0.335 e. The van der Waals surface area contributed by atoms with E-state index in [1.807, 2.05) is 35.5 Å². The number of rotatable bonds is 5. The number of nitrogens with zero attached hydrogens (tertiary/aromatic N) is 6. The van der Waals surface area contributed by atoms with Gasteiger partial charge >= 0.3 is 0 Å². The van der Waals surface area contributed by atoms with E-state index in [9.17, 15) is 4.79 Å².